The van der Waals surface area contributed by atoms with Crippen molar-refractivity contribution in [2.24, 2.45) is 0 Å². The molecule has 7 heteroatoms. The fraction of sp³-hybridized carbons (Fsp3) is 0.250. The molecule has 0 atom stereocenters. The molecule has 0 saturated carbocycles. The highest BCUT2D eigenvalue weighted by Gasteiger charge is 2.34. The van der Waals surface area contributed by atoms with E-state index >= 15 is 0 Å². The van der Waals surface area contributed by atoms with Gasteiger partial charge in [0.05, 0.1) is 25.3 Å². The molecule has 0 saturated heterocycles. The summed E-state index contributed by atoms with van der Waals surface area (Å²) in [5.41, 5.74) is -1.25. The van der Waals surface area contributed by atoms with E-state index in [1.54, 1.807) is 0 Å². The van der Waals surface area contributed by atoms with Crippen LogP contribution in [-0.4, -0.2) is 8.42 Å². The first-order valence-corrected chi connectivity index (χ1v) is 7.08. The van der Waals surface area contributed by atoms with Gasteiger partial charge in [0, 0.05) is 0 Å². The van der Waals surface area contributed by atoms with E-state index in [0.29, 0.717) is 0 Å². The van der Waals surface area contributed by atoms with Crippen LogP contribution < -0.4 is 0 Å². The largest absolute Gasteiger partial charge is 0.416 e. The van der Waals surface area contributed by atoms with Gasteiger partial charge in [0.25, 0.3) is 0 Å². The fourth-order valence-electron chi connectivity index (χ4n) is 1.19. The molecule has 2 nitrogen and oxygen atoms in total. The summed E-state index contributed by atoms with van der Waals surface area (Å²) in [6, 6.07) is 3.02. The predicted molar refractivity (Wildman–Crippen MR) is 52.3 cm³/mol. The van der Waals surface area contributed by atoms with Gasteiger partial charge in [-0.1, -0.05) is 6.07 Å². The van der Waals surface area contributed by atoms with E-state index in [0.717, 1.165) is 25.1 Å². The first kappa shape index (κ1) is 12.5. The second kappa shape index (κ2) is 3.79. The highest BCUT2D eigenvalue weighted by Crippen LogP contribution is 2.35. The maximum absolute atomic E-state index is 12.4. The molecule has 0 unspecified atom stereocenters. The summed E-state index contributed by atoms with van der Waals surface area (Å²) in [4.78, 5) is -0.364. The average Bonchev–Trinajstić information content (AvgIpc) is 1.99. The Labute approximate surface area is 92.2 Å². The number of rotatable bonds is 1. The zero-order valence-corrected chi connectivity index (χ0v) is 9.87. The van der Waals surface area contributed by atoms with Crippen molar-refractivity contribution in [3.63, 3.8) is 0 Å². The molecule has 0 bridgehead atoms. The molecule has 0 aliphatic rings. The number of hydrogen-bond acceptors (Lipinski definition) is 2. The van der Waals surface area contributed by atoms with Crippen LogP contribution in [-0.2, 0) is 14.4 Å². The maximum atomic E-state index is 12.4. The molecule has 0 aliphatic carbocycles. The lowest BCUT2D eigenvalue weighted by molar-refractivity contribution is -0.138. The Balaban J connectivity index is 3.51. The van der Waals surface area contributed by atoms with E-state index in [1.165, 1.54) is 0 Å². The third-order valence-corrected chi connectivity index (χ3v) is 3.87. The lowest BCUT2D eigenvalue weighted by Gasteiger charge is -2.11. The molecule has 0 N–H and O–H groups in total. The maximum Gasteiger partial charge on any atom is 0.416 e. The van der Waals surface area contributed by atoms with Crippen molar-refractivity contribution in [1.29, 1.82) is 0 Å². The first-order valence-electron chi connectivity index (χ1n) is 3.75. The smallest absolute Gasteiger partial charge is 0.212 e. The van der Waals surface area contributed by atoms with Gasteiger partial charge in [0.1, 0.15) is 0 Å². The molecule has 1 aromatic rings. The zero-order valence-electron chi connectivity index (χ0n) is 7.47. The van der Waals surface area contributed by atoms with Crippen LogP contribution in [0.4, 0.5) is 13.2 Å². The van der Waals surface area contributed by atoms with Crippen molar-refractivity contribution in [3.8, 4) is 0 Å². The standard InChI is InChI=1S/C8H6BrF3O2S/c1-5-6(8(10,11)12)3-2-4-7(5)15(9,13)14/h2-4H,1H3. The van der Waals surface area contributed by atoms with Crippen LogP contribution in [0.2, 0.25) is 0 Å². The van der Waals surface area contributed by atoms with Crippen molar-refractivity contribution in [3.05, 3.63) is 29.3 Å². The Hall–Kier alpha value is -0.560. The Morgan fingerprint density at radius 2 is 1.80 bits per heavy atom. The van der Waals surface area contributed by atoms with Crippen molar-refractivity contribution >= 4 is 23.1 Å². The van der Waals surface area contributed by atoms with Crippen molar-refractivity contribution in [2.45, 2.75) is 18.0 Å². The summed E-state index contributed by atoms with van der Waals surface area (Å²) in [5, 5.41) is 0. The molecule has 15 heavy (non-hydrogen) atoms. The van der Waals surface area contributed by atoms with Crippen molar-refractivity contribution < 1.29 is 21.6 Å². The average molecular weight is 303 g/mol. The van der Waals surface area contributed by atoms with Crippen LogP contribution in [0, 0.1) is 6.92 Å². The van der Waals surface area contributed by atoms with E-state index in [2.05, 4.69) is 14.8 Å². The van der Waals surface area contributed by atoms with Gasteiger partial charge in [-0.3, -0.25) is 0 Å². The summed E-state index contributed by atoms with van der Waals surface area (Å²) in [6.07, 6.45) is -4.54. The molecule has 0 radical (unpaired) electrons. The summed E-state index contributed by atoms with van der Waals surface area (Å²) in [5.74, 6) is 0. The normalized spacial score (nSPS) is 12.9. The van der Waals surface area contributed by atoms with Crippen molar-refractivity contribution in [1.82, 2.24) is 0 Å². The van der Waals surface area contributed by atoms with Crippen LogP contribution in [0.15, 0.2) is 23.1 Å². The number of benzene rings is 1. The Bertz CT molecular complexity index is 479. The van der Waals surface area contributed by atoms with Crippen molar-refractivity contribution in [2.75, 3.05) is 0 Å². The molecular formula is C8H6BrF3O2S. The minimum Gasteiger partial charge on any atom is -0.212 e. The second-order valence-corrected chi connectivity index (χ2v) is 6.74. The molecule has 0 aliphatic heterocycles. The van der Waals surface area contributed by atoms with Crippen LogP contribution in [0.1, 0.15) is 11.1 Å². The molecular weight excluding hydrogens is 297 g/mol. The SMILES string of the molecule is Cc1c(C(F)(F)F)cccc1S(=O)(=O)Br. The summed E-state index contributed by atoms with van der Waals surface area (Å²) in [6.45, 7) is 1.12. The summed E-state index contributed by atoms with van der Waals surface area (Å²) in [7, 11) is -3.80. The van der Waals surface area contributed by atoms with E-state index in [9.17, 15) is 21.6 Å². The Morgan fingerprint density at radius 3 is 2.20 bits per heavy atom. The third kappa shape index (κ3) is 2.72. The number of halogens is 4. The zero-order chi connectivity index (χ0) is 11.9. The third-order valence-electron chi connectivity index (χ3n) is 1.85. The fourth-order valence-corrected chi connectivity index (χ4v) is 2.95. The second-order valence-electron chi connectivity index (χ2n) is 2.86. The molecule has 0 spiro atoms. The van der Waals surface area contributed by atoms with Crippen LogP contribution >= 0.6 is 14.8 Å². The lowest BCUT2D eigenvalue weighted by Crippen LogP contribution is -2.09. The van der Waals surface area contributed by atoms with Gasteiger partial charge in [0.15, 0.2) is 0 Å². The van der Waals surface area contributed by atoms with E-state index in [4.69, 9.17) is 0 Å². The number of hydrogen-bond donors (Lipinski definition) is 0. The Morgan fingerprint density at radius 1 is 1.27 bits per heavy atom. The highest BCUT2D eigenvalue weighted by atomic mass is 79.9. The summed E-state index contributed by atoms with van der Waals surface area (Å²) >= 11 is 2.34. The molecule has 0 fully saturated rings. The predicted octanol–water partition coefficient (Wildman–Crippen LogP) is 3.10. The molecule has 84 valence electrons. The van der Waals surface area contributed by atoms with Gasteiger partial charge >= 0.3 is 6.18 Å². The van der Waals surface area contributed by atoms with Gasteiger partial charge in [-0.2, -0.15) is 13.2 Å². The van der Waals surface area contributed by atoms with Gasteiger partial charge in [-0.15, -0.1) is 0 Å². The number of alkyl halides is 3. The van der Waals surface area contributed by atoms with Gasteiger partial charge in [0.2, 0.25) is 8.27 Å². The molecule has 1 aromatic carbocycles. The lowest BCUT2D eigenvalue weighted by atomic mass is 10.1. The topological polar surface area (TPSA) is 34.1 Å². The molecule has 0 amide bonds. The monoisotopic (exact) mass is 302 g/mol. The quantitative estimate of drug-likeness (QED) is 0.747. The Kier molecular flexibility index (Phi) is 3.16. The summed E-state index contributed by atoms with van der Waals surface area (Å²) < 4.78 is 59.4. The molecule has 0 heterocycles. The van der Waals surface area contributed by atoms with E-state index in [1.807, 2.05) is 0 Å². The van der Waals surface area contributed by atoms with Gasteiger partial charge < -0.3 is 0 Å². The van der Waals surface area contributed by atoms with Crippen LogP contribution in [0.25, 0.3) is 0 Å². The van der Waals surface area contributed by atoms with E-state index < -0.39 is 20.0 Å². The highest BCUT2D eigenvalue weighted by molar-refractivity contribution is 9.47. The molecule has 0 aromatic heterocycles. The molecule has 1 rings (SSSR count). The minimum atomic E-state index is -4.54. The first-order chi connectivity index (χ1) is 6.64. The van der Waals surface area contributed by atoms with E-state index in [-0.39, 0.29) is 10.5 Å². The van der Waals surface area contributed by atoms with Gasteiger partial charge in [-0.25, -0.2) is 8.42 Å². The van der Waals surface area contributed by atoms with Gasteiger partial charge in [-0.05, 0) is 24.6 Å². The van der Waals surface area contributed by atoms with Crippen LogP contribution in [0.3, 0.4) is 0 Å². The minimum absolute atomic E-state index is 0.304. The van der Waals surface area contributed by atoms with Crippen LogP contribution in [0.5, 0.6) is 0 Å².